The van der Waals surface area contributed by atoms with E-state index in [4.69, 9.17) is 4.42 Å². The Morgan fingerprint density at radius 1 is 1.14 bits per heavy atom. The van der Waals surface area contributed by atoms with Crippen LogP contribution in [0.25, 0.3) is 0 Å². The number of furan rings is 1. The zero-order chi connectivity index (χ0) is 20.6. The largest absolute Gasteiger partial charge is 0.469 e. The van der Waals surface area contributed by atoms with Crippen molar-refractivity contribution in [3.8, 4) is 0 Å². The topological polar surface area (TPSA) is 77.8 Å². The van der Waals surface area contributed by atoms with Crippen LogP contribution in [0, 0.1) is 6.92 Å². The first-order chi connectivity index (χ1) is 14.0. The van der Waals surface area contributed by atoms with Crippen molar-refractivity contribution >= 4 is 11.8 Å². The van der Waals surface area contributed by atoms with Gasteiger partial charge in [-0.15, -0.1) is 0 Å². The number of nitrogens with one attached hydrogen (secondary N) is 2. The Morgan fingerprint density at radius 2 is 1.93 bits per heavy atom. The van der Waals surface area contributed by atoms with E-state index in [-0.39, 0.29) is 18.4 Å². The molecule has 1 unspecified atom stereocenters. The van der Waals surface area contributed by atoms with Crippen molar-refractivity contribution < 1.29 is 14.0 Å². The molecule has 1 aromatic carbocycles. The van der Waals surface area contributed by atoms with Gasteiger partial charge in [-0.05, 0) is 32.0 Å². The molecule has 1 saturated heterocycles. The van der Waals surface area contributed by atoms with Gasteiger partial charge in [0.2, 0.25) is 5.91 Å². The van der Waals surface area contributed by atoms with Crippen LogP contribution < -0.4 is 10.6 Å². The van der Waals surface area contributed by atoms with E-state index in [1.807, 2.05) is 6.07 Å². The molecule has 7 heteroatoms. The minimum Gasteiger partial charge on any atom is -0.469 e. The first-order valence-electron chi connectivity index (χ1n) is 10.1. The summed E-state index contributed by atoms with van der Waals surface area (Å²) in [5.41, 5.74) is 1.79. The molecule has 2 heterocycles. The van der Waals surface area contributed by atoms with Crippen LogP contribution in [0.4, 0.5) is 0 Å². The van der Waals surface area contributed by atoms with Gasteiger partial charge in [0.15, 0.2) is 0 Å². The summed E-state index contributed by atoms with van der Waals surface area (Å²) in [6.07, 6.45) is 2.33. The first-order valence-corrected chi connectivity index (χ1v) is 10.1. The Bertz CT molecular complexity index is 805. The number of carbonyl (C=O) groups excluding carboxylic acids is 2. The van der Waals surface area contributed by atoms with Gasteiger partial charge in [-0.25, -0.2) is 0 Å². The zero-order valence-electron chi connectivity index (χ0n) is 17.2. The van der Waals surface area contributed by atoms with E-state index >= 15 is 0 Å². The fourth-order valence-corrected chi connectivity index (χ4v) is 3.66. The number of likely N-dealkylation sites (N-methyl/N-ethyl adjacent to an activating group) is 1. The molecule has 2 N–H and O–H groups in total. The van der Waals surface area contributed by atoms with Gasteiger partial charge in [0.05, 0.1) is 18.4 Å². The average Bonchev–Trinajstić information content (AvgIpc) is 3.17. The predicted molar refractivity (Wildman–Crippen MR) is 112 cm³/mol. The maximum absolute atomic E-state index is 12.0. The summed E-state index contributed by atoms with van der Waals surface area (Å²) in [5.74, 6) is 0.0649. The summed E-state index contributed by atoms with van der Waals surface area (Å²) < 4.78 is 5.11. The summed E-state index contributed by atoms with van der Waals surface area (Å²) in [6, 6.07) is 12.6. The lowest BCUT2D eigenvalue weighted by Crippen LogP contribution is -2.47. The van der Waals surface area contributed by atoms with Crippen LogP contribution in [-0.2, 0) is 4.79 Å². The fraction of sp³-hybridized carbons (Fsp3) is 0.455. The van der Waals surface area contributed by atoms with E-state index in [9.17, 15) is 9.59 Å². The average molecular weight is 399 g/mol. The molecule has 29 heavy (non-hydrogen) atoms. The second-order valence-electron chi connectivity index (χ2n) is 7.50. The van der Waals surface area contributed by atoms with E-state index < -0.39 is 0 Å². The lowest BCUT2D eigenvalue weighted by Gasteiger charge is -2.40. The number of nitrogens with zero attached hydrogens (tertiary/aromatic N) is 2. The van der Waals surface area contributed by atoms with E-state index in [1.165, 1.54) is 11.8 Å². The van der Waals surface area contributed by atoms with Crippen molar-refractivity contribution in [2.45, 2.75) is 19.4 Å². The van der Waals surface area contributed by atoms with Gasteiger partial charge < -0.3 is 20.0 Å². The molecular weight excluding hydrogens is 368 g/mol. The van der Waals surface area contributed by atoms with Gasteiger partial charge in [-0.2, -0.15) is 0 Å². The van der Waals surface area contributed by atoms with Gasteiger partial charge in [0.25, 0.3) is 5.91 Å². The molecule has 156 valence electrons. The summed E-state index contributed by atoms with van der Waals surface area (Å²) in [7, 11) is 2.16. The summed E-state index contributed by atoms with van der Waals surface area (Å²) in [6.45, 7) is 6.28. The second-order valence-corrected chi connectivity index (χ2v) is 7.50. The maximum atomic E-state index is 12.0. The van der Waals surface area contributed by atoms with Gasteiger partial charge in [0, 0.05) is 38.8 Å². The Hall–Kier alpha value is -2.64. The Labute approximate surface area is 172 Å². The molecule has 0 spiro atoms. The van der Waals surface area contributed by atoms with Gasteiger partial charge >= 0.3 is 0 Å². The molecule has 0 saturated carbocycles. The number of benzene rings is 1. The van der Waals surface area contributed by atoms with Gasteiger partial charge in [-0.3, -0.25) is 14.5 Å². The minimum atomic E-state index is -0.297. The van der Waals surface area contributed by atoms with Crippen molar-refractivity contribution in [3.05, 3.63) is 59.5 Å². The number of aryl methyl sites for hydroxylation is 1. The standard InChI is InChI=1S/C22H30N4O3/c1-17-19(9-14-29-17)22(28)24-15-21(27)23-10-6-11-26-13-12-25(2)16-20(26)18-7-4-3-5-8-18/h3-5,7-9,14,20H,6,10-13,15-16H2,1-2H3,(H,23,27)(H,24,28). The highest BCUT2D eigenvalue weighted by molar-refractivity contribution is 5.97. The fourth-order valence-electron chi connectivity index (χ4n) is 3.66. The van der Waals surface area contributed by atoms with Crippen molar-refractivity contribution in [1.82, 2.24) is 20.4 Å². The molecule has 0 bridgehead atoms. The summed E-state index contributed by atoms with van der Waals surface area (Å²) in [5, 5.41) is 5.51. The number of carbonyl (C=O) groups is 2. The molecule has 0 aliphatic carbocycles. The Morgan fingerprint density at radius 3 is 2.66 bits per heavy atom. The number of amides is 2. The van der Waals surface area contributed by atoms with Gasteiger partial charge in [-0.1, -0.05) is 30.3 Å². The van der Waals surface area contributed by atoms with Crippen LogP contribution in [0.3, 0.4) is 0 Å². The van der Waals surface area contributed by atoms with Crippen LogP contribution in [0.5, 0.6) is 0 Å². The number of hydrogen-bond donors (Lipinski definition) is 2. The second kappa shape index (κ2) is 10.2. The molecule has 3 rings (SSSR count). The summed E-state index contributed by atoms with van der Waals surface area (Å²) in [4.78, 5) is 28.9. The predicted octanol–water partition coefficient (Wildman–Crippen LogP) is 1.81. The molecule has 2 amide bonds. The normalized spacial score (nSPS) is 17.8. The molecule has 2 aromatic rings. The quantitative estimate of drug-likeness (QED) is 0.663. The smallest absolute Gasteiger partial charge is 0.255 e. The monoisotopic (exact) mass is 398 g/mol. The third-order valence-electron chi connectivity index (χ3n) is 5.34. The molecule has 1 atom stereocenters. The van der Waals surface area contributed by atoms with Crippen molar-refractivity contribution in [3.63, 3.8) is 0 Å². The van der Waals surface area contributed by atoms with E-state index in [2.05, 4.69) is 51.7 Å². The zero-order valence-corrected chi connectivity index (χ0v) is 17.2. The number of rotatable bonds is 8. The van der Waals surface area contributed by atoms with E-state index in [0.29, 0.717) is 23.9 Å². The van der Waals surface area contributed by atoms with Crippen molar-refractivity contribution in [1.29, 1.82) is 0 Å². The molecule has 7 nitrogen and oxygen atoms in total. The summed E-state index contributed by atoms with van der Waals surface area (Å²) >= 11 is 0. The number of piperazine rings is 1. The lowest BCUT2D eigenvalue weighted by molar-refractivity contribution is -0.120. The van der Waals surface area contributed by atoms with Crippen LogP contribution in [0.15, 0.2) is 47.1 Å². The molecule has 1 aliphatic heterocycles. The van der Waals surface area contributed by atoms with Crippen LogP contribution >= 0.6 is 0 Å². The third kappa shape index (κ3) is 5.92. The van der Waals surface area contributed by atoms with E-state index in [0.717, 1.165) is 32.6 Å². The molecular formula is C22H30N4O3. The first kappa shape index (κ1) is 21.1. The van der Waals surface area contributed by atoms with Gasteiger partial charge in [0.1, 0.15) is 5.76 Å². The van der Waals surface area contributed by atoms with E-state index in [1.54, 1.807) is 13.0 Å². The van der Waals surface area contributed by atoms with Crippen LogP contribution in [0.2, 0.25) is 0 Å². The highest BCUT2D eigenvalue weighted by Gasteiger charge is 2.25. The molecule has 0 radical (unpaired) electrons. The minimum absolute atomic E-state index is 0.0371. The highest BCUT2D eigenvalue weighted by atomic mass is 16.3. The van der Waals surface area contributed by atoms with Crippen LogP contribution in [0.1, 0.15) is 34.1 Å². The molecule has 1 aromatic heterocycles. The maximum Gasteiger partial charge on any atom is 0.255 e. The lowest BCUT2D eigenvalue weighted by atomic mass is 10.0. The van der Waals surface area contributed by atoms with Crippen molar-refractivity contribution in [2.75, 3.05) is 46.3 Å². The highest BCUT2D eigenvalue weighted by Crippen LogP contribution is 2.24. The Kier molecular flexibility index (Phi) is 7.43. The molecule has 1 fully saturated rings. The van der Waals surface area contributed by atoms with Crippen molar-refractivity contribution in [2.24, 2.45) is 0 Å². The molecule has 1 aliphatic rings. The third-order valence-corrected chi connectivity index (χ3v) is 5.34. The number of hydrogen-bond acceptors (Lipinski definition) is 5. The van der Waals surface area contributed by atoms with Crippen LogP contribution in [-0.4, -0.2) is 67.9 Å². The Balaban J connectivity index is 1.39. The SMILES string of the molecule is Cc1occc1C(=O)NCC(=O)NCCCN1CCN(C)CC1c1ccccc1.